The topological polar surface area (TPSA) is 15.3 Å². The average molecular weight is 210 g/mol. The van der Waals surface area contributed by atoms with E-state index in [0.717, 1.165) is 17.9 Å². The molecule has 2 heterocycles. The van der Waals surface area contributed by atoms with Gasteiger partial charge in [-0.2, -0.15) is 0 Å². The van der Waals surface area contributed by atoms with Crippen LogP contribution in [0, 0.1) is 11.8 Å². The molecule has 88 valence electrons. The molecule has 1 N–H and O–H groups in total. The van der Waals surface area contributed by atoms with Crippen LogP contribution >= 0.6 is 0 Å². The second-order valence-electron chi connectivity index (χ2n) is 5.79. The largest absolute Gasteiger partial charge is 0.314 e. The molecule has 0 aromatic heterocycles. The molecule has 2 heteroatoms. The van der Waals surface area contributed by atoms with Crippen molar-refractivity contribution >= 4 is 0 Å². The molecule has 2 aliphatic rings. The van der Waals surface area contributed by atoms with Gasteiger partial charge in [-0.25, -0.2) is 0 Å². The van der Waals surface area contributed by atoms with Gasteiger partial charge < -0.3 is 10.2 Å². The van der Waals surface area contributed by atoms with E-state index >= 15 is 0 Å². The van der Waals surface area contributed by atoms with E-state index in [4.69, 9.17) is 0 Å². The Hall–Kier alpha value is -0.0800. The Morgan fingerprint density at radius 2 is 1.93 bits per heavy atom. The number of likely N-dealkylation sites (tertiary alicyclic amines) is 1. The molecular formula is C13H26N2. The van der Waals surface area contributed by atoms with Gasteiger partial charge in [-0.05, 0) is 50.6 Å². The fraction of sp³-hybridized carbons (Fsp3) is 1.00. The summed E-state index contributed by atoms with van der Waals surface area (Å²) in [5.41, 5.74) is 0. The molecule has 0 bridgehead atoms. The highest BCUT2D eigenvalue weighted by molar-refractivity contribution is 4.79. The molecule has 0 radical (unpaired) electrons. The second-order valence-corrected chi connectivity index (χ2v) is 5.79. The van der Waals surface area contributed by atoms with Gasteiger partial charge in [0, 0.05) is 19.1 Å². The van der Waals surface area contributed by atoms with Crippen LogP contribution in [0.2, 0.25) is 0 Å². The highest BCUT2D eigenvalue weighted by atomic mass is 15.1. The predicted molar refractivity (Wildman–Crippen MR) is 65.0 cm³/mol. The van der Waals surface area contributed by atoms with Crippen molar-refractivity contribution in [1.82, 2.24) is 10.2 Å². The van der Waals surface area contributed by atoms with Crippen molar-refractivity contribution in [2.45, 2.75) is 45.6 Å². The molecule has 2 nitrogen and oxygen atoms in total. The van der Waals surface area contributed by atoms with Crippen LogP contribution in [0.1, 0.15) is 39.5 Å². The maximum atomic E-state index is 3.59. The molecule has 2 rings (SSSR count). The van der Waals surface area contributed by atoms with Crippen molar-refractivity contribution < 1.29 is 0 Å². The maximum absolute atomic E-state index is 3.59. The Morgan fingerprint density at radius 3 is 2.53 bits per heavy atom. The molecule has 15 heavy (non-hydrogen) atoms. The van der Waals surface area contributed by atoms with Gasteiger partial charge >= 0.3 is 0 Å². The summed E-state index contributed by atoms with van der Waals surface area (Å²) in [7, 11) is 0. The third kappa shape index (κ3) is 3.46. The molecule has 0 spiro atoms. The van der Waals surface area contributed by atoms with Crippen LogP contribution in [0.5, 0.6) is 0 Å². The monoisotopic (exact) mass is 210 g/mol. The van der Waals surface area contributed by atoms with E-state index in [0.29, 0.717) is 0 Å². The summed E-state index contributed by atoms with van der Waals surface area (Å²) in [6, 6.07) is 0.817. The van der Waals surface area contributed by atoms with Crippen molar-refractivity contribution in [3.05, 3.63) is 0 Å². The number of hydrogen-bond acceptors (Lipinski definition) is 2. The summed E-state index contributed by atoms with van der Waals surface area (Å²) >= 11 is 0. The maximum Gasteiger partial charge on any atom is 0.00797 e. The van der Waals surface area contributed by atoms with Crippen LogP contribution in [0.15, 0.2) is 0 Å². The van der Waals surface area contributed by atoms with E-state index in [9.17, 15) is 0 Å². The zero-order valence-electron chi connectivity index (χ0n) is 10.3. The molecule has 2 saturated heterocycles. The van der Waals surface area contributed by atoms with Gasteiger partial charge in [0.25, 0.3) is 0 Å². The minimum Gasteiger partial charge on any atom is -0.314 e. The van der Waals surface area contributed by atoms with Crippen LogP contribution in [0.4, 0.5) is 0 Å². The Bertz CT molecular complexity index is 177. The highest BCUT2D eigenvalue weighted by Gasteiger charge is 2.22. The van der Waals surface area contributed by atoms with Crippen molar-refractivity contribution in [1.29, 1.82) is 0 Å². The SMILES string of the molecule is CC1CC(C)CN(CCC2CCCN2)C1. The van der Waals surface area contributed by atoms with Crippen molar-refractivity contribution in [3.63, 3.8) is 0 Å². The van der Waals surface area contributed by atoms with Crippen LogP contribution in [-0.4, -0.2) is 37.1 Å². The summed E-state index contributed by atoms with van der Waals surface area (Å²) in [5, 5.41) is 3.59. The molecule has 2 fully saturated rings. The van der Waals surface area contributed by atoms with E-state index in [1.165, 1.54) is 51.9 Å². The van der Waals surface area contributed by atoms with Crippen LogP contribution in [0.3, 0.4) is 0 Å². The lowest BCUT2D eigenvalue weighted by atomic mass is 9.91. The molecule has 3 atom stereocenters. The number of hydrogen-bond donors (Lipinski definition) is 1. The lowest BCUT2D eigenvalue weighted by Gasteiger charge is -2.35. The molecule has 0 aromatic rings. The second kappa shape index (κ2) is 5.31. The van der Waals surface area contributed by atoms with Crippen molar-refractivity contribution in [2.75, 3.05) is 26.2 Å². The van der Waals surface area contributed by atoms with Gasteiger partial charge in [-0.3, -0.25) is 0 Å². The summed E-state index contributed by atoms with van der Waals surface area (Å²) in [6.07, 6.45) is 5.58. The fourth-order valence-electron chi connectivity index (χ4n) is 3.32. The number of piperidine rings is 1. The summed E-state index contributed by atoms with van der Waals surface area (Å²) in [4.78, 5) is 2.68. The molecule has 3 unspecified atom stereocenters. The molecule has 2 aliphatic heterocycles. The first-order valence-electron chi connectivity index (χ1n) is 6.70. The highest BCUT2D eigenvalue weighted by Crippen LogP contribution is 2.21. The normalized spacial score (nSPS) is 38.4. The Labute approximate surface area is 94.4 Å². The molecule has 0 aromatic carbocycles. The van der Waals surface area contributed by atoms with E-state index in [2.05, 4.69) is 24.1 Å². The number of nitrogens with zero attached hydrogens (tertiary/aromatic N) is 1. The first kappa shape index (κ1) is 11.4. The van der Waals surface area contributed by atoms with Gasteiger partial charge in [-0.15, -0.1) is 0 Å². The summed E-state index contributed by atoms with van der Waals surface area (Å²) < 4.78 is 0. The first-order valence-corrected chi connectivity index (χ1v) is 6.70. The predicted octanol–water partition coefficient (Wildman–Crippen LogP) is 2.11. The smallest absolute Gasteiger partial charge is 0.00797 e. The van der Waals surface area contributed by atoms with E-state index < -0.39 is 0 Å². The third-order valence-corrected chi connectivity index (χ3v) is 3.90. The zero-order valence-corrected chi connectivity index (χ0v) is 10.3. The number of nitrogens with one attached hydrogen (secondary N) is 1. The quantitative estimate of drug-likeness (QED) is 0.767. The summed E-state index contributed by atoms with van der Waals surface area (Å²) in [6.45, 7) is 10.0. The molecule has 0 amide bonds. The molecular weight excluding hydrogens is 184 g/mol. The van der Waals surface area contributed by atoms with Gasteiger partial charge in [0.2, 0.25) is 0 Å². The minimum atomic E-state index is 0.817. The lowest BCUT2D eigenvalue weighted by molar-refractivity contribution is 0.136. The van der Waals surface area contributed by atoms with Crippen LogP contribution in [-0.2, 0) is 0 Å². The molecule has 0 saturated carbocycles. The van der Waals surface area contributed by atoms with Gasteiger partial charge in [-0.1, -0.05) is 13.8 Å². The third-order valence-electron chi connectivity index (χ3n) is 3.90. The van der Waals surface area contributed by atoms with E-state index in [-0.39, 0.29) is 0 Å². The zero-order chi connectivity index (χ0) is 10.7. The van der Waals surface area contributed by atoms with Gasteiger partial charge in [0.1, 0.15) is 0 Å². The van der Waals surface area contributed by atoms with Crippen molar-refractivity contribution in [3.8, 4) is 0 Å². The fourth-order valence-corrected chi connectivity index (χ4v) is 3.32. The van der Waals surface area contributed by atoms with Crippen molar-refractivity contribution in [2.24, 2.45) is 11.8 Å². The summed E-state index contributed by atoms with van der Waals surface area (Å²) in [5.74, 6) is 1.82. The molecule has 0 aliphatic carbocycles. The Balaban J connectivity index is 1.69. The lowest BCUT2D eigenvalue weighted by Crippen LogP contribution is -2.40. The Morgan fingerprint density at radius 1 is 1.20 bits per heavy atom. The van der Waals surface area contributed by atoms with Gasteiger partial charge in [0.15, 0.2) is 0 Å². The van der Waals surface area contributed by atoms with E-state index in [1.54, 1.807) is 0 Å². The van der Waals surface area contributed by atoms with E-state index in [1.807, 2.05) is 0 Å². The minimum absolute atomic E-state index is 0.817. The average Bonchev–Trinajstić information content (AvgIpc) is 2.65. The van der Waals surface area contributed by atoms with Gasteiger partial charge in [0.05, 0.1) is 0 Å². The van der Waals surface area contributed by atoms with Crippen LogP contribution < -0.4 is 5.32 Å². The number of rotatable bonds is 3. The standard InChI is InChI=1S/C13H26N2/c1-11-8-12(2)10-15(9-11)7-5-13-4-3-6-14-13/h11-14H,3-10H2,1-2H3. The Kier molecular flexibility index (Phi) is 4.04. The first-order chi connectivity index (χ1) is 7.24. The van der Waals surface area contributed by atoms with Crippen LogP contribution in [0.25, 0.3) is 0 Å².